The van der Waals surface area contributed by atoms with Crippen LogP contribution in [0.25, 0.3) is 0 Å². The van der Waals surface area contributed by atoms with E-state index >= 15 is 0 Å². The number of rotatable bonds is 9. The van der Waals surface area contributed by atoms with Crippen LogP contribution in [0.15, 0.2) is 4.99 Å². The molecule has 1 unspecified atom stereocenters. The third-order valence-electron chi connectivity index (χ3n) is 4.32. The van der Waals surface area contributed by atoms with E-state index in [4.69, 9.17) is 4.99 Å². The summed E-state index contributed by atoms with van der Waals surface area (Å²) in [4.78, 5) is 9.75. The van der Waals surface area contributed by atoms with Crippen LogP contribution in [0, 0.1) is 11.8 Å². The summed E-state index contributed by atoms with van der Waals surface area (Å²) in [5, 5.41) is 6.81. The Morgan fingerprint density at radius 2 is 1.78 bits per heavy atom. The number of hydrogen-bond donors (Lipinski definition) is 2. The number of likely N-dealkylation sites (N-methyl/N-ethyl adjacent to an activating group) is 1. The first-order valence-corrected chi connectivity index (χ1v) is 9.44. The van der Waals surface area contributed by atoms with Crippen molar-refractivity contribution >= 4 is 5.96 Å². The maximum absolute atomic E-state index is 4.77. The van der Waals surface area contributed by atoms with Gasteiger partial charge in [0.05, 0.1) is 0 Å². The second-order valence-electron chi connectivity index (χ2n) is 7.39. The Kier molecular flexibility index (Phi) is 10.3. The van der Waals surface area contributed by atoms with Gasteiger partial charge in [0, 0.05) is 52.4 Å². The Morgan fingerprint density at radius 1 is 1.09 bits per heavy atom. The van der Waals surface area contributed by atoms with Gasteiger partial charge in [0.25, 0.3) is 0 Å². The molecule has 2 N–H and O–H groups in total. The predicted molar refractivity (Wildman–Crippen MR) is 101 cm³/mol. The number of nitrogens with zero attached hydrogens (tertiary/aromatic N) is 3. The largest absolute Gasteiger partial charge is 0.357 e. The Labute approximate surface area is 143 Å². The average molecular weight is 326 g/mol. The Balaban J connectivity index is 2.28. The van der Waals surface area contributed by atoms with E-state index in [0.717, 1.165) is 38.1 Å². The lowest BCUT2D eigenvalue weighted by molar-refractivity contribution is 0.140. The van der Waals surface area contributed by atoms with Gasteiger partial charge in [0.15, 0.2) is 5.96 Å². The third-order valence-corrected chi connectivity index (χ3v) is 4.32. The molecule has 5 nitrogen and oxygen atoms in total. The number of hydrogen-bond acceptors (Lipinski definition) is 3. The standard InChI is InChI=1S/C18H39N5/c1-6-19-18(20-9-7-8-16(2)3)21-14-17(4)15-23-12-10-22(5)11-13-23/h16-17H,6-15H2,1-5H3,(H2,19,20,21). The van der Waals surface area contributed by atoms with Gasteiger partial charge < -0.3 is 20.4 Å². The summed E-state index contributed by atoms with van der Waals surface area (Å²) in [5.41, 5.74) is 0. The van der Waals surface area contributed by atoms with E-state index in [1.54, 1.807) is 0 Å². The van der Waals surface area contributed by atoms with Crippen molar-refractivity contribution in [3.63, 3.8) is 0 Å². The topological polar surface area (TPSA) is 42.9 Å². The second kappa shape index (κ2) is 11.7. The molecule has 1 rings (SSSR count). The molecule has 0 aromatic heterocycles. The highest BCUT2D eigenvalue weighted by molar-refractivity contribution is 5.79. The second-order valence-corrected chi connectivity index (χ2v) is 7.39. The lowest BCUT2D eigenvalue weighted by Gasteiger charge is -2.33. The van der Waals surface area contributed by atoms with Gasteiger partial charge in [-0.2, -0.15) is 0 Å². The summed E-state index contributed by atoms with van der Waals surface area (Å²) >= 11 is 0. The van der Waals surface area contributed by atoms with Crippen LogP contribution in [0.1, 0.15) is 40.5 Å². The molecule has 0 saturated carbocycles. The van der Waals surface area contributed by atoms with Crippen molar-refractivity contribution in [2.75, 3.05) is 59.4 Å². The molecule has 1 heterocycles. The zero-order valence-corrected chi connectivity index (χ0v) is 16.1. The molecule has 5 heteroatoms. The zero-order valence-electron chi connectivity index (χ0n) is 16.1. The minimum Gasteiger partial charge on any atom is -0.357 e. The van der Waals surface area contributed by atoms with Gasteiger partial charge in [0.1, 0.15) is 0 Å². The van der Waals surface area contributed by atoms with E-state index in [-0.39, 0.29) is 0 Å². The third kappa shape index (κ3) is 9.82. The lowest BCUT2D eigenvalue weighted by atomic mass is 10.1. The fourth-order valence-electron chi connectivity index (χ4n) is 2.83. The van der Waals surface area contributed by atoms with Crippen LogP contribution in [-0.4, -0.2) is 75.2 Å². The van der Waals surface area contributed by atoms with Crippen molar-refractivity contribution in [2.45, 2.75) is 40.5 Å². The SMILES string of the molecule is CCNC(=NCC(C)CN1CCN(C)CC1)NCCCC(C)C. The molecule has 0 aromatic rings. The minimum absolute atomic E-state index is 0.601. The van der Waals surface area contributed by atoms with Gasteiger partial charge >= 0.3 is 0 Å². The van der Waals surface area contributed by atoms with Gasteiger partial charge in [-0.1, -0.05) is 20.8 Å². The minimum atomic E-state index is 0.601. The summed E-state index contributed by atoms with van der Waals surface area (Å²) < 4.78 is 0. The van der Waals surface area contributed by atoms with Crippen LogP contribution in [-0.2, 0) is 0 Å². The average Bonchev–Trinajstić information content (AvgIpc) is 2.51. The lowest BCUT2D eigenvalue weighted by Crippen LogP contribution is -2.46. The molecule has 1 aliphatic rings. The number of piperazine rings is 1. The first kappa shape index (κ1) is 20.2. The summed E-state index contributed by atoms with van der Waals surface area (Å²) in [6, 6.07) is 0. The van der Waals surface area contributed by atoms with E-state index in [0.29, 0.717) is 5.92 Å². The molecule has 1 atom stereocenters. The first-order chi connectivity index (χ1) is 11.0. The van der Waals surface area contributed by atoms with Crippen molar-refractivity contribution in [2.24, 2.45) is 16.8 Å². The molecule has 0 aromatic carbocycles. The number of guanidine groups is 1. The quantitative estimate of drug-likeness (QED) is 0.386. The van der Waals surface area contributed by atoms with Crippen LogP contribution in [0.5, 0.6) is 0 Å². The van der Waals surface area contributed by atoms with E-state index < -0.39 is 0 Å². The Morgan fingerprint density at radius 3 is 2.39 bits per heavy atom. The van der Waals surface area contributed by atoms with Crippen LogP contribution in [0.4, 0.5) is 0 Å². The highest BCUT2D eigenvalue weighted by Crippen LogP contribution is 2.05. The van der Waals surface area contributed by atoms with Gasteiger partial charge in [-0.05, 0) is 38.6 Å². The molecule has 0 aliphatic carbocycles. The fraction of sp³-hybridized carbons (Fsp3) is 0.944. The number of aliphatic imine (C=N–C) groups is 1. The van der Waals surface area contributed by atoms with Crippen LogP contribution in [0.2, 0.25) is 0 Å². The van der Waals surface area contributed by atoms with Crippen LogP contribution < -0.4 is 10.6 Å². The number of nitrogens with one attached hydrogen (secondary N) is 2. The molecule has 0 amide bonds. The Hall–Kier alpha value is -0.810. The van der Waals surface area contributed by atoms with E-state index in [2.05, 4.69) is 55.2 Å². The fourth-order valence-corrected chi connectivity index (χ4v) is 2.83. The maximum Gasteiger partial charge on any atom is 0.191 e. The maximum atomic E-state index is 4.77. The first-order valence-electron chi connectivity index (χ1n) is 9.44. The van der Waals surface area contributed by atoms with Crippen LogP contribution >= 0.6 is 0 Å². The van der Waals surface area contributed by atoms with Gasteiger partial charge in [-0.15, -0.1) is 0 Å². The zero-order chi connectivity index (χ0) is 17.1. The van der Waals surface area contributed by atoms with Crippen molar-refractivity contribution in [1.29, 1.82) is 0 Å². The molecule has 136 valence electrons. The smallest absolute Gasteiger partial charge is 0.191 e. The van der Waals surface area contributed by atoms with Crippen molar-refractivity contribution in [3.05, 3.63) is 0 Å². The van der Waals surface area contributed by atoms with Crippen molar-refractivity contribution in [3.8, 4) is 0 Å². The predicted octanol–water partition coefficient (Wildman–Crippen LogP) is 1.86. The van der Waals surface area contributed by atoms with Crippen LogP contribution in [0.3, 0.4) is 0 Å². The van der Waals surface area contributed by atoms with Crippen molar-refractivity contribution < 1.29 is 0 Å². The highest BCUT2D eigenvalue weighted by Gasteiger charge is 2.15. The summed E-state index contributed by atoms with van der Waals surface area (Å²) in [7, 11) is 2.21. The summed E-state index contributed by atoms with van der Waals surface area (Å²) in [6.45, 7) is 17.7. The van der Waals surface area contributed by atoms with Gasteiger partial charge in [0.2, 0.25) is 0 Å². The van der Waals surface area contributed by atoms with E-state index in [9.17, 15) is 0 Å². The van der Waals surface area contributed by atoms with Crippen molar-refractivity contribution in [1.82, 2.24) is 20.4 Å². The molecular formula is C18H39N5. The highest BCUT2D eigenvalue weighted by atomic mass is 15.2. The van der Waals surface area contributed by atoms with E-state index in [1.165, 1.54) is 39.0 Å². The van der Waals surface area contributed by atoms with Gasteiger partial charge in [-0.25, -0.2) is 0 Å². The molecule has 1 aliphatic heterocycles. The van der Waals surface area contributed by atoms with E-state index in [1.807, 2.05) is 0 Å². The molecule has 1 saturated heterocycles. The molecule has 1 fully saturated rings. The molecule has 0 bridgehead atoms. The summed E-state index contributed by atoms with van der Waals surface area (Å²) in [6.07, 6.45) is 2.48. The molecule has 0 spiro atoms. The Bertz CT molecular complexity index is 321. The monoisotopic (exact) mass is 325 g/mol. The summed E-state index contributed by atoms with van der Waals surface area (Å²) in [5.74, 6) is 2.35. The van der Waals surface area contributed by atoms with Gasteiger partial charge in [-0.3, -0.25) is 4.99 Å². The molecule has 23 heavy (non-hydrogen) atoms. The molecule has 0 radical (unpaired) electrons. The normalized spacial score (nSPS) is 19.1. The molecular weight excluding hydrogens is 286 g/mol.